The van der Waals surface area contributed by atoms with Crippen LogP contribution in [0.3, 0.4) is 0 Å². The summed E-state index contributed by atoms with van der Waals surface area (Å²) in [4.78, 5) is 50.7. The van der Waals surface area contributed by atoms with Crippen LogP contribution in [-0.2, 0) is 23.9 Å². The Hall–Kier alpha value is -2.53. The van der Waals surface area contributed by atoms with E-state index < -0.39 is 35.9 Å². The molecule has 2 rings (SSSR count). The summed E-state index contributed by atoms with van der Waals surface area (Å²) in [5.74, 6) is -1.30. The molecule has 1 fully saturated rings. The van der Waals surface area contributed by atoms with Crippen LogP contribution in [0, 0.1) is 5.92 Å². The van der Waals surface area contributed by atoms with E-state index in [0.29, 0.717) is 38.0 Å². The zero-order valence-electron chi connectivity index (χ0n) is 20.0. The largest absolute Gasteiger partial charge is 0.512 e. The van der Waals surface area contributed by atoms with Gasteiger partial charge in [-0.25, -0.2) is 5.43 Å². The summed E-state index contributed by atoms with van der Waals surface area (Å²) in [6.07, 6.45) is 6.13. The van der Waals surface area contributed by atoms with Crippen molar-refractivity contribution in [2.75, 3.05) is 19.4 Å². The zero-order chi connectivity index (χ0) is 25.3. The number of esters is 1. The van der Waals surface area contributed by atoms with Gasteiger partial charge in [-0.1, -0.05) is 19.9 Å². The van der Waals surface area contributed by atoms with Crippen molar-refractivity contribution in [3.8, 4) is 0 Å². The first-order valence-corrected chi connectivity index (χ1v) is 12.2. The molecule has 2 aliphatic rings. The van der Waals surface area contributed by atoms with Gasteiger partial charge < -0.3 is 20.5 Å². The van der Waals surface area contributed by atoms with Crippen LogP contribution in [0.2, 0.25) is 0 Å². The fourth-order valence-electron chi connectivity index (χ4n) is 3.92. The van der Waals surface area contributed by atoms with E-state index in [-0.39, 0.29) is 30.4 Å². The molecule has 10 nitrogen and oxygen atoms in total. The standard InChI is InChI=1S/C23H36N4O6S/c1-14(2)20(25-19(29)9-11-34)21(30)24-18(13-15-6-4-7-16(28)12-15)22(31)27-10-5-8-17(26-27)23(32)33-3/h6,12,14,17-18,20,26,28,34H,4-5,7-11,13H2,1-3H3,(H,24,30)(H,25,29). The van der Waals surface area contributed by atoms with Gasteiger partial charge in [0.2, 0.25) is 11.8 Å². The molecule has 0 aromatic heterocycles. The quantitative estimate of drug-likeness (QED) is 0.226. The van der Waals surface area contributed by atoms with E-state index in [1.807, 2.05) is 6.08 Å². The van der Waals surface area contributed by atoms with E-state index in [1.165, 1.54) is 12.1 Å². The summed E-state index contributed by atoms with van der Waals surface area (Å²) in [5, 5.41) is 16.8. The van der Waals surface area contributed by atoms with Crippen molar-refractivity contribution in [3.63, 3.8) is 0 Å². The van der Waals surface area contributed by atoms with Gasteiger partial charge in [0.1, 0.15) is 18.1 Å². The van der Waals surface area contributed by atoms with Crippen LogP contribution in [0.1, 0.15) is 52.4 Å². The van der Waals surface area contributed by atoms with Crippen LogP contribution in [-0.4, -0.2) is 71.3 Å². The number of hydrogen-bond donors (Lipinski definition) is 5. The van der Waals surface area contributed by atoms with E-state index in [0.717, 1.165) is 5.57 Å². The fraction of sp³-hybridized carbons (Fsp3) is 0.652. The van der Waals surface area contributed by atoms with Crippen LogP contribution in [0.15, 0.2) is 23.5 Å². The van der Waals surface area contributed by atoms with Crippen molar-refractivity contribution >= 4 is 36.3 Å². The Balaban J connectivity index is 2.22. The zero-order valence-corrected chi connectivity index (χ0v) is 20.9. The molecule has 1 aliphatic carbocycles. The lowest BCUT2D eigenvalue weighted by molar-refractivity contribution is -0.151. The first kappa shape index (κ1) is 27.7. The van der Waals surface area contributed by atoms with E-state index in [2.05, 4.69) is 28.7 Å². The van der Waals surface area contributed by atoms with E-state index >= 15 is 0 Å². The minimum absolute atomic E-state index is 0.158. The van der Waals surface area contributed by atoms with Crippen molar-refractivity contribution in [2.24, 2.45) is 5.92 Å². The van der Waals surface area contributed by atoms with Gasteiger partial charge in [0.05, 0.1) is 12.9 Å². The molecule has 0 saturated carbocycles. The molecule has 0 aromatic rings. The van der Waals surface area contributed by atoms with Gasteiger partial charge in [-0.3, -0.25) is 24.2 Å². The number of allylic oxidation sites excluding steroid dienone is 3. The number of carbonyl (C=O) groups is 4. The Morgan fingerprint density at radius 3 is 2.65 bits per heavy atom. The Morgan fingerprint density at radius 1 is 1.29 bits per heavy atom. The highest BCUT2D eigenvalue weighted by Gasteiger charge is 2.35. The topological polar surface area (TPSA) is 137 Å². The van der Waals surface area contributed by atoms with Crippen molar-refractivity contribution in [1.29, 1.82) is 0 Å². The highest BCUT2D eigenvalue weighted by Crippen LogP contribution is 2.21. The molecule has 190 valence electrons. The van der Waals surface area contributed by atoms with Crippen molar-refractivity contribution in [2.45, 2.75) is 70.5 Å². The van der Waals surface area contributed by atoms with Gasteiger partial charge in [-0.2, -0.15) is 12.6 Å². The maximum absolute atomic E-state index is 13.5. The lowest BCUT2D eigenvalue weighted by Gasteiger charge is -2.35. The number of aliphatic hydroxyl groups is 1. The van der Waals surface area contributed by atoms with Gasteiger partial charge in [0.25, 0.3) is 5.91 Å². The maximum Gasteiger partial charge on any atom is 0.324 e. The average Bonchev–Trinajstić information content (AvgIpc) is 2.81. The molecule has 4 N–H and O–H groups in total. The SMILES string of the molecule is COC(=O)C1CCCN(C(=O)C(CC2=CCCC(O)=C2)NC(=O)C(NC(=O)CCS)C(C)C)N1. The second-order valence-electron chi connectivity index (χ2n) is 8.82. The molecule has 0 spiro atoms. The van der Waals surface area contributed by atoms with Crippen molar-refractivity contribution in [1.82, 2.24) is 21.1 Å². The van der Waals surface area contributed by atoms with Gasteiger partial charge in [-0.15, -0.1) is 0 Å². The monoisotopic (exact) mass is 496 g/mol. The first-order chi connectivity index (χ1) is 16.2. The molecule has 1 saturated heterocycles. The Kier molecular flexibility index (Phi) is 10.9. The highest BCUT2D eigenvalue weighted by atomic mass is 32.1. The molecule has 0 aromatic carbocycles. The molecule has 3 unspecified atom stereocenters. The smallest absolute Gasteiger partial charge is 0.324 e. The normalized spacial score (nSPS) is 20.0. The molecule has 11 heteroatoms. The van der Waals surface area contributed by atoms with Crippen LogP contribution >= 0.6 is 12.6 Å². The summed E-state index contributed by atoms with van der Waals surface area (Å²) in [6, 6.07) is -2.45. The van der Waals surface area contributed by atoms with Crippen LogP contribution in [0.5, 0.6) is 0 Å². The number of hydrogen-bond acceptors (Lipinski definition) is 8. The number of carbonyl (C=O) groups excluding carboxylic acids is 4. The van der Waals surface area contributed by atoms with Gasteiger partial charge in [-0.05, 0) is 42.6 Å². The molecule has 3 atom stereocenters. The van der Waals surface area contributed by atoms with Gasteiger partial charge in [0.15, 0.2) is 0 Å². The molecule has 3 amide bonds. The van der Waals surface area contributed by atoms with E-state index in [4.69, 9.17) is 4.74 Å². The van der Waals surface area contributed by atoms with Gasteiger partial charge >= 0.3 is 5.97 Å². The number of amides is 3. The highest BCUT2D eigenvalue weighted by molar-refractivity contribution is 7.80. The van der Waals surface area contributed by atoms with Crippen molar-refractivity contribution in [3.05, 3.63) is 23.5 Å². The number of methoxy groups -OCH3 is 1. The van der Waals surface area contributed by atoms with Crippen LogP contribution in [0.4, 0.5) is 0 Å². The lowest BCUT2D eigenvalue weighted by Crippen LogP contribution is -2.61. The minimum Gasteiger partial charge on any atom is -0.512 e. The Bertz CT molecular complexity index is 828. The third-order valence-electron chi connectivity index (χ3n) is 5.76. The molecular weight excluding hydrogens is 460 g/mol. The molecule has 1 heterocycles. The molecule has 0 bridgehead atoms. The molecule has 0 radical (unpaired) electrons. The number of rotatable bonds is 10. The number of ether oxygens (including phenoxy) is 1. The molecular formula is C23H36N4O6S. The number of hydrazine groups is 1. The second kappa shape index (κ2) is 13.4. The Morgan fingerprint density at radius 2 is 2.03 bits per heavy atom. The Labute approximate surface area is 205 Å². The summed E-state index contributed by atoms with van der Waals surface area (Å²) in [6.45, 7) is 3.98. The first-order valence-electron chi connectivity index (χ1n) is 11.6. The maximum atomic E-state index is 13.5. The number of thiol groups is 1. The number of aliphatic hydroxyl groups excluding tert-OH is 1. The van der Waals surface area contributed by atoms with Crippen LogP contribution < -0.4 is 16.1 Å². The fourth-order valence-corrected chi connectivity index (χ4v) is 4.12. The molecule has 34 heavy (non-hydrogen) atoms. The molecule has 1 aliphatic heterocycles. The number of nitrogens with zero attached hydrogens (tertiary/aromatic N) is 1. The third-order valence-corrected chi connectivity index (χ3v) is 5.98. The second-order valence-corrected chi connectivity index (χ2v) is 9.27. The van der Waals surface area contributed by atoms with E-state index in [9.17, 15) is 24.3 Å². The van der Waals surface area contributed by atoms with Gasteiger partial charge in [0, 0.05) is 25.8 Å². The van der Waals surface area contributed by atoms with Crippen molar-refractivity contribution < 1.29 is 29.0 Å². The summed E-state index contributed by atoms with van der Waals surface area (Å²) in [5.41, 5.74) is 3.63. The lowest BCUT2D eigenvalue weighted by atomic mass is 9.97. The predicted molar refractivity (Wildman–Crippen MR) is 130 cm³/mol. The summed E-state index contributed by atoms with van der Waals surface area (Å²) < 4.78 is 4.79. The summed E-state index contributed by atoms with van der Waals surface area (Å²) >= 11 is 4.05. The number of nitrogens with one attached hydrogen (secondary N) is 3. The predicted octanol–water partition coefficient (Wildman–Crippen LogP) is 1.15. The van der Waals surface area contributed by atoms with Crippen LogP contribution in [0.25, 0.3) is 0 Å². The van der Waals surface area contributed by atoms with E-state index in [1.54, 1.807) is 19.9 Å². The summed E-state index contributed by atoms with van der Waals surface area (Å²) in [7, 11) is 1.29. The average molecular weight is 497 g/mol. The third kappa shape index (κ3) is 8.05. The minimum atomic E-state index is -0.965.